The minimum absolute atomic E-state index is 0.201. The van der Waals surface area contributed by atoms with Gasteiger partial charge in [-0.1, -0.05) is 18.2 Å². The molecule has 2 saturated heterocycles. The lowest BCUT2D eigenvalue weighted by Crippen LogP contribution is -2.57. The predicted molar refractivity (Wildman–Crippen MR) is 76.0 cm³/mol. The van der Waals surface area contributed by atoms with Crippen molar-refractivity contribution in [1.82, 2.24) is 9.80 Å². The van der Waals surface area contributed by atoms with Crippen molar-refractivity contribution in [2.24, 2.45) is 11.8 Å². The molecule has 3 rings (SSSR count). The molecule has 3 nitrogen and oxygen atoms in total. The maximum absolute atomic E-state index is 12.6. The first-order valence-corrected chi connectivity index (χ1v) is 7.19. The first-order chi connectivity index (χ1) is 9.15. The van der Waals surface area contributed by atoms with E-state index in [-0.39, 0.29) is 5.91 Å². The molecule has 0 spiro atoms. The number of nitrogens with zero attached hydrogens (tertiary/aromatic N) is 2. The van der Waals surface area contributed by atoms with E-state index >= 15 is 0 Å². The van der Waals surface area contributed by atoms with Crippen LogP contribution in [0.25, 0.3) is 0 Å². The van der Waals surface area contributed by atoms with Crippen LogP contribution in [-0.4, -0.2) is 48.4 Å². The zero-order valence-corrected chi connectivity index (χ0v) is 11.7. The number of benzene rings is 1. The van der Waals surface area contributed by atoms with E-state index in [1.807, 2.05) is 30.3 Å². The van der Waals surface area contributed by atoms with Crippen LogP contribution in [0.15, 0.2) is 30.3 Å². The zero-order chi connectivity index (χ0) is 13.4. The van der Waals surface area contributed by atoms with Crippen LogP contribution in [0.4, 0.5) is 0 Å². The summed E-state index contributed by atoms with van der Waals surface area (Å²) < 4.78 is 0. The average molecular weight is 258 g/mol. The molecular weight excluding hydrogens is 236 g/mol. The molecule has 1 aromatic carbocycles. The van der Waals surface area contributed by atoms with Crippen molar-refractivity contribution < 1.29 is 4.79 Å². The summed E-state index contributed by atoms with van der Waals surface area (Å²) in [5, 5.41) is 0. The molecule has 0 aliphatic carbocycles. The highest BCUT2D eigenvalue weighted by Gasteiger charge is 2.39. The lowest BCUT2D eigenvalue weighted by atomic mass is 9.80. The summed E-state index contributed by atoms with van der Waals surface area (Å²) in [5.41, 5.74) is 0.822. The molecule has 2 aliphatic heterocycles. The largest absolute Gasteiger partial charge is 0.335 e. The lowest BCUT2D eigenvalue weighted by molar-refractivity contribution is 0.00546. The van der Waals surface area contributed by atoms with Gasteiger partial charge in [-0.25, -0.2) is 0 Å². The summed E-state index contributed by atoms with van der Waals surface area (Å²) in [6.07, 6.45) is 1.28. The summed E-state index contributed by atoms with van der Waals surface area (Å²) in [7, 11) is 2.19. The molecule has 0 N–H and O–H groups in total. The van der Waals surface area contributed by atoms with E-state index in [2.05, 4.69) is 23.8 Å². The molecule has 1 amide bonds. The number of carbonyl (C=O) groups excluding carboxylic acids is 1. The predicted octanol–water partition coefficient (Wildman–Crippen LogP) is 2.10. The molecule has 3 atom stereocenters. The summed E-state index contributed by atoms with van der Waals surface area (Å²) in [6, 6.07) is 10.0. The monoisotopic (exact) mass is 258 g/mol. The second-order valence-electron chi connectivity index (χ2n) is 6.15. The molecular formula is C16H22N2O. The lowest BCUT2D eigenvalue weighted by Gasteiger charge is -2.49. The number of likely N-dealkylation sites (tertiary alicyclic amines) is 2. The van der Waals surface area contributed by atoms with Gasteiger partial charge in [-0.3, -0.25) is 4.79 Å². The SMILES string of the molecule is C[C@H]1[C@H]2C[C@H](CN(C)C2)CN1C(=O)c1ccccc1. The summed E-state index contributed by atoms with van der Waals surface area (Å²) in [6.45, 7) is 5.37. The Bertz CT molecular complexity index is 457. The van der Waals surface area contributed by atoms with Gasteiger partial charge in [0, 0.05) is 31.2 Å². The molecule has 0 saturated carbocycles. The van der Waals surface area contributed by atoms with Gasteiger partial charge in [0.1, 0.15) is 0 Å². The Labute approximate surface area is 115 Å². The van der Waals surface area contributed by atoms with Gasteiger partial charge in [0.05, 0.1) is 0 Å². The van der Waals surface area contributed by atoms with Gasteiger partial charge >= 0.3 is 0 Å². The number of hydrogen-bond acceptors (Lipinski definition) is 2. The summed E-state index contributed by atoms with van der Waals surface area (Å²) >= 11 is 0. The van der Waals surface area contributed by atoms with Gasteiger partial charge in [-0.15, -0.1) is 0 Å². The highest BCUT2D eigenvalue weighted by atomic mass is 16.2. The highest BCUT2D eigenvalue weighted by molar-refractivity contribution is 5.94. The van der Waals surface area contributed by atoms with Gasteiger partial charge in [-0.05, 0) is 44.4 Å². The molecule has 0 unspecified atom stereocenters. The van der Waals surface area contributed by atoms with E-state index in [0.717, 1.165) is 25.2 Å². The Morgan fingerprint density at radius 2 is 1.89 bits per heavy atom. The molecule has 0 aromatic heterocycles. The molecule has 2 heterocycles. The van der Waals surface area contributed by atoms with Crippen molar-refractivity contribution >= 4 is 5.91 Å². The smallest absolute Gasteiger partial charge is 0.254 e. The summed E-state index contributed by atoms with van der Waals surface area (Å²) in [5.74, 6) is 1.48. The quantitative estimate of drug-likeness (QED) is 0.770. The molecule has 19 heavy (non-hydrogen) atoms. The van der Waals surface area contributed by atoms with Crippen LogP contribution in [0.2, 0.25) is 0 Å². The van der Waals surface area contributed by atoms with E-state index in [0.29, 0.717) is 17.9 Å². The second-order valence-corrected chi connectivity index (χ2v) is 6.15. The standard InChI is InChI=1S/C16H22N2O/c1-12-15-8-13(9-17(2)11-15)10-18(12)16(19)14-6-4-3-5-7-14/h3-7,12-13,15H,8-11H2,1-2H3/t12-,13+,15-/m0/s1. The van der Waals surface area contributed by atoms with Crippen LogP contribution in [0, 0.1) is 11.8 Å². The fraction of sp³-hybridized carbons (Fsp3) is 0.562. The number of amides is 1. The molecule has 2 fully saturated rings. The van der Waals surface area contributed by atoms with Crippen LogP contribution < -0.4 is 0 Å². The van der Waals surface area contributed by atoms with Crippen LogP contribution >= 0.6 is 0 Å². The molecule has 1 aromatic rings. The first kappa shape index (κ1) is 12.7. The fourth-order valence-corrected chi connectivity index (χ4v) is 3.69. The van der Waals surface area contributed by atoms with Gasteiger partial charge in [0.25, 0.3) is 5.91 Å². The zero-order valence-electron chi connectivity index (χ0n) is 11.7. The third-order valence-electron chi connectivity index (χ3n) is 4.66. The normalized spacial score (nSPS) is 31.3. The van der Waals surface area contributed by atoms with E-state index < -0.39 is 0 Å². The average Bonchev–Trinajstić information content (AvgIpc) is 2.43. The number of carbonyl (C=O) groups is 1. The Balaban J connectivity index is 1.80. The topological polar surface area (TPSA) is 23.6 Å². The van der Waals surface area contributed by atoms with Crippen LogP contribution in [0.5, 0.6) is 0 Å². The molecule has 3 heteroatoms. The highest BCUT2D eigenvalue weighted by Crippen LogP contribution is 2.33. The van der Waals surface area contributed by atoms with E-state index in [1.165, 1.54) is 6.42 Å². The Morgan fingerprint density at radius 3 is 2.63 bits per heavy atom. The minimum atomic E-state index is 0.201. The van der Waals surface area contributed by atoms with Crippen molar-refractivity contribution in [3.05, 3.63) is 35.9 Å². The van der Waals surface area contributed by atoms with E-state index in [4.69, 9.17) is 0 Å². The third kappa shape index (κ3) is 2.39. The van der Waals surface area contributed by atoms with E-state index in [1.54, 1.807) is 0 Å². The number of fused-ring (bicyclic) bond motifs is 2. The molecule has 0 radical (unpaired) electrons. The number of piperidine rings is 2. The van der Waals surface area contributed by atoms with Gasteiger partial charge in [-0.2, -0.15) is 0 Å². The van der Waals surface area contributed by atoms with Gasteiger partial charge in [0.15, 0.2) is 0 Å². The van der Waals surface area contributed by atoms with Crippen LogP contribution in [-0.2, 0) is 0 Å². The van der Waals surface area contributed by atoms with E-state index in [9.17, 15) is 4.79 Å². The van der Waals surface area contributed by atoms with Crippen molar-refractivity contribution in [2.75, 3.05) is 26.7 Å². The van der Waals surface area contributed by atoms with Crippen LogP contribution in [0.1, 0.15) is 23.7 Å². The van der Waals surface area contributed by atoms with Gasteiger partial charge < -0.3 is 9.80 Å². The Hall–Kier alpha value is -1.35. The van der Waals surface area contributed by atoms with Crippen molar-refractivity contribution in [3.63, 3.8) is 0 Å². The Kier molecular flexibility index (Phi) is 3.31. The van der Waals surface area contributed by atoms with Crippen LogP contribution in [0.3, 0.4) is 0 Å². The number of rotatable bonds is 1. The maximum Gasteiger partial charge on any atom is 0.254 e. The second kappa shape index (κ2) is 4.97. The minimum Gasteiger partial charge on any atom is -0.335 e. The Morgan fingerprint density at radius 1 is 1.16 bits per heavy atom. The van der Waals surface area contributed by atoms with Gasteiger partial charge in [0.2, 0.25) is 0 Å². The molecule has 102 valence electrons. The number of hydrogen-bond donors (Lipinski definition) is 0. The molecule has 2 aliphatic rings. The molecule has 2 bridgehead atoms. The fourth-order valence-electron chi connectivity index (χ4n) is 3.69. The van der Waals surface area contributed by atoms with Crippen molar-refractivity contribution in [2.45, 2.75) is 19.4 Å². The third-order valence-corrected chi connectivity index (χ3v) is 4.66. The summed E-state index contributed by atoms with van der Waals surface area (Å²) in [4.78, 5) is 17.1. The maximum atomic E-state index is 12.6. The van der Waals surface area contributed by atoms with Crippen molar-refractivity contribution in [3.8, 4) is 0 Å². The van der Waals surface area contributed by atoms with Crippen molar-refractivity contribution in [1.29, 1.82) is 0 Å². The first-order valence-electron chi connectivity index (χ1n) is 7.19.